The highest BCUT2D eigenvalue weighted by Crippen LogP contribution is 2.13. The normalized spacial score (nSPS) is 27.2. The van der Waals surface area contributed by atoms with Crippen molar-refractivity contribution in [1.29, 1.82) is 0 Å². The van der Waals surface area contributed by atoms with Gasteiger partial charge in [-0.3, -0.25) is 19.8 Å². The van der Waals surface area contributed by atoms with E-state index < -0.39 is 30.3 Å². The van der Waals surface area contributed by atoms with Crippen LogP contribution in [0.1, 0.15) is 6.92 Å². The number of amides is 3. The molecule has 0 spiro atoms. The summed E-state index contributed by atoms with van der Waals surface area (Å²) in [7, 11) is 1.22. The number of urea groups is 1. The van der Waals surface area contributed by atoms with Crippen LogP contribution >= 0.6 is 0 Å². The lowest BCUT2D eigenvalue weighted by Gasteiger charge is -2.32. The number of halogens is 1. The maximum Gasteiger partial charge on any atom is 0.326 e. The van der Waals surface area contributed by atoms with Crippen molar-refractivity contribution in [3.05, 3.63) is 0 Å². The second-order valence-corrected chi connectivity index (χ2v) is 2.81. The van der Waals surface area contributed by atoms with Gasteiger partial charge in [-0.25, -0.2) is 9.18 Å². The van der Waals surface area contributed by atoms with Crippen LogP contribution in [-0.2, 0) is 14.3 Å². The molecule has 0 bridgehead atoms. The van der Waals surface area contributed by atoms with Gasteiger partial charge in [0.1, 0.15) is 0 Å². The van der Waals surface area contributed by atoms with E-state index in [0.717, 1.165) is 11.8 Å². The molecule has 1 heterocycles. The van der Waals surface area contributed by atoms with Gasteiger partial charge in [0, 0.05) is 14.0 Å². The van der Waals surface area contributed by atoms with Crippen molar-refractivity contribution in [2.24, 2.45) is 0 Å². The van der Waals surface area contributed by atoms with Gasteiger partial charge < -0.3 is 4.74 Å². The third-order valence-corrected chi connectivity index (χ3v) is 1.72. The summed E-state index contributed by atoms with van der Waals surface area (Å²) in [5.74, 6) is -1.86. The first-order valence-corrected chi connectivity index (χ1v) is 3.82. The van der Waals surface area contributed by atoms with E-state index in [2.05, 4.69) is 4.74 Å². The maximum absolute atomic E-state index is 13.1. The topological polar surface area (TPSA) is 75.7 Å². The van der Waals surface area contributed by atoms with E-state index in [0.29, 0.717) is 0 Å². The van der Waals surface area contributed by atoms with Crippen LogP contribution in [0.3, 0.4) is 0 Å². The van der Waals surface area contributed by atoms with Gasteiger partial charge >= 0.3 is 12.0 Å². The third-order valence-electron chi connectivity index (χ3n) is 1.72. The van der Waals surface area contributed by atoms with Crippen molar-refractivity contribution >= 4 is 17.9 Å². The molecule has 6 nitrogen and oxygen atoms in total. The molecule has 0 saturated carbocycles. The van der Waals surface area contributed by atoms with Gasteiger partial charge in [-0.05, 0) is 0 Å². The number of imide groups is 1. The molecule has 14 heavy (non-hydrogen) atoms. The Morgan fingerprint density at radius 3 is 2.64 bits per heavy atom. The number of nitrogens with zero attached hydrogens (tertiary/aromatic N) is 1. The van der Waals surface area contributed by atoms with Crippen LogP contribution < -0.4 is 5.32 Å². The van der Waals surface area contributed by atoms with E-state index >= 15 is 0 Å². The molecule has 0 aromatic carbocycles. The summed E-state index contributed by atoms with van der Waals surface area (Å²) in [4.78, 5) is 33.2. The molecule has 3 amide bonds. The Morgan fingerprint density at radius 1 is 1.57 bits per heavy atom. The molecule has 0 unspecified atom stereocenters. The molecule has 1 saturated heterocycles. The van der Waals surface area contributed by atoms with Crippen molar-refractivity contribution < 1.29 is 23.5 Å². The Kier molecular flexibility index (Phi) is 2.68. The van der Waals surface area contributed by atoms with Crippen molar-refractivity contribution in [3.8, 4) is 0 Å². The Bertz CT molecular complexity index is 273. The van der Waals surface area contributed by atoms with E-state index in [1.54, 1.807) is 5.32 Å². The molecule has 1 aliphatic heterocycles. The standard InChI is InChI=1S/C7H9FN2O4/c1-3(11)14-6-4(8)5(12)9-7(13)10(6)2/h4,6H,1-2H3,(H,9,12,13)/t4-,6-/m1/s1. The molecular formula is C7H9FN2O4. The minimum Gasteiger partial charge on any atom is -0.438 e. The first kappa shape index (κ1) is 10.4. The number of esters is 1. The van der Waals surface area contributed by atoms with Gasteiger partial charge in [0.25, 0.3) is 5.91 Å². The van der Waals surface area contributed by atoms with Gasteiger partial charge in [0.2, 0.25) is 12.4 Å². The van der Waals surface area contributed by atoms with E-state index in [1.807, 2.05) is 0 Å². The van der Waals surface area contributed by atoms with Crippen molar-refractivity contribution in [1.82, 2.24) is 10.2 Å². The molecule has 0 aromatic heterocycles. The smallest absolute Gasteiger partial charge is 0.326 e. The highest BCUT2D eigenvalue weighted by molar-refractivity contribution is 5.99. The quantitative estimate of drug-likeness (QED) is 0.578. The molecule has 0 aliphatic carbocycles. The molecule has 0 aromatic rings. The predicted molar refractivity (Wildman–Crippen MR) is 41.8 cm³/mol. The molecule has 1 fully saturated rings. The molecular weight excluding hydrogens is 195 g/mol. The predicted octanol–water partition coefficient (Wildman–Crippen LogP) is -0.605. The third kappa shape index (κ3) is 1.81. The fourth-order valence-electron chi connectivity index (χ4n) is 1.01. The summed E-state index contributed by atoms with van der Waals surface area (Å²) < 4.78 is 17.6. The zero-order valence-electron chi connectivity index (χ0n) is 7.61. The number of ether oxygens (including phenoxy) is 1. The molecule has 2 atom stereocenters. The summed E-state index contributed by atoms with van der Waals surface area (Å²) in [6, 6.07) is -0.796. The van der Waals surface area contributed by atoms with Gasteiger partial charge in [-0.15, -0.1) is 0 Å². The largest absolute Gasteiger partial charge is 0.438 e. The first-order valence-electron chi connectivity index (χ1n) is 3.82. The molecule has 1 N–H and O–H groups in total. The van der Waals surface area contributed by atoms with Crippen LogP contribution in [0.4, 0.5) is 9.18 Å². The average molecular weight is 204 g/mol. The summed E-state index contributed by atoms with van der Waals surface area (Å²) in [6.45, 7) is 1.07. The summed E-state index contributed by atoms with van der Waals surface area (Å²) >= 11 is 0. The number of hydrogen-bond donors (Lipinski definition) is 1. The number of carbonyl (C=O) groups is 3. The van der Waals surface area contributed by atoms with Crippen molar-refractivity contribution in [2.45, 2.75) is 19.3 Å². The second kappa shape index (κ2) is 3.60. The van der Waals surface area contributed by atoms with Crippen LogP contribution in [0.25, 0.3) is 0 Å². The summed E-state index contributed by atoms with van der Waals surface area (Å²) in [5, 5.41) is 1.76. The minimum atomic E-state index is -2.05. The van der Waals surface area contributed by atoms with Crippen molar-refractivity contribution in [2.75, 3.05) is 7.05 Å². The monoisotopic (exact) mass is 204 g/mol. The zero-order valence-corrected chi connectivity index (χ0v) is 7.61. The number of rotatable bonds is 1. The fraction of sp³-hybridized carbons (Fsp3) is 0.571. The molecule has 0 radical (unpaired) electrons. The van der Waals surface area contributed by atoms with Crippen LogP contribution in [0.15, 0.2) is 0 Å². The van der Waals surface area contributed by atoms with E-state index in [-0.39, 0.29) is 0 Å². The van der Waals surface area contributed by atoms with E-state index in [9.17, 15) is 18.8 Å². The summed E-state index contributed by atoms with van der Waals surface area (Å²) in [6.07, 6.45) is -3.53. The van der Waals surface area contributed by atoms with E-state index in [1.165, 1.54) is 7.05 Å². The lowest BCUT2D eigenvalue weighted by Crippen LogP contribution is -2.61. The Labute approximate surface area is 79.0 Å². The van der Waals surface area contributed by atoms with Crippen LogP contribution in [-0.4, -0.2) is 42.3 Å². The highest BCUT2D eigenvalue weighted by Gasteiger charge is 2.42. The first-order chi connectivity index (χ1) is 6.43. The maximum atomic E-state index is 13.1. The minimum absolute atomic E-state index is 0.757. The molecule has 1 rings (SSSR count). The van der Waals surface area contributed by atoms with Crippen LogP contribution in [0.5, 0.6) is 0 Å². The second-order valence-electron chi connectivity index (χ2n) is 2.81. The van der Waals surface area contributed by atoms with Crippen LogP contribution in [0.2, 0.25) is 0 Å². The number of alkyl halides is 1. The van der Waals surface area contributed by atoms with Gasteiger partial charge in [0.05, 0.1) is 0 Å². The van der Waals surface area contributed by atoms with Crippen molar-refractivity contribution in [3.63, 3.8) is 0 Å². The Balaban J connectivity index is 2.82. The fourth-order valence-corrected chi connectivity index (χ4v) is 1.01. The Morgan fingerprint density at radius 2 is 2.14 bits per heavy atom. The number of hydrogen-bond acceptors (Lipinski definition) is 4. The lowest BCUT2D eigenvalue weighted by atomic mass is 10.2. The molecule has 78 valence electrons. The Hall–Kier alpha value is -1.66. The number of carbonyl (C=O) groups excluding carboxylic acids is 3. The SMILES string of the molecule is CC(=O)O[C@@H]1[C@H](F)C(=O)NC(=O)N1C. The van der Waals surface area contributed by atoms with Gasteiger partial charge in [0.15, 0.2) is 0 Å². The lowest BCUT2D eigenvalue weighted by molar-refractivity contribution is -0.164. The summed E-state index contributed by atoms with van der Waals surface area (Å²) in [5.41, 5.74) is 0. The number of nitrogens with one attached hydrogen (secondary N) is 1. The van der Waals surface area contributed by atoms with Crippen LogP contribution in [0, 0.1) is 0 Å². The highest BCUT2D eigenvalue weighted by atomic mass is 19.1. The van der Waals surface area contributed by atoms with E-state index in [4.69, 9.17) is 0 Å². The van der Waals surface area contributed by atoms with Gasteiger partial charge in [-0.2, -0.15) is 0 Å². The van der Waals surface area contributed by atoms with Gasteiger partial charge in [-0.1, -0.05) is 0 Å². The molecule has 1 aliphatic rings. The average Bonchev–Trinajstić information content (AvgIpc) is 2.09. The zero-order chi connectivity index (χ0) is 10.9. The molecule has 7 heteroatoms.